The van der Waals surface area contributed by atoms with Crippen molar-refractivity contribution in [2.24, 2.45) is 12.0 Å². The number of ether oxygens (including phenoxy) is 1. The molecule has 5 N–H and O–H groups in total. The van der Waals surface area contributed by atoms with E-state index in [1.807, 2.05) is 6.07 Å². The Morgan fingerprint density at radius 1 is 1.38 bits per heavy atom. The van der Waals surface area contributed by atoms with Gasteiger partial charge in [0.05, 0.1) is 39.4 Å². The van der Waals surface area contributed by atoms with Crippen molar-refractivity contribution >= 4 is 50.6 Å². The number of aromatic amines is 1. The van der Waals surface area contributed by atoms with Gasteiger partial charge in [0.25, 0.3) is 0 Å². The summed E-state index contributed by atoms with van der Waals surface area (Å²) in [7, 11) is 1.51. The number of nitrogens with one attached hydrogen (secondary N) is 1. The smallest absolute Gasteiger partial charge is 0.435 e. The monoisotopic (exact) mass is 479 g/mol. The second-order valence-electron chi connectivity index (χ2n) is 6.96. The number of H-pyrrole nitrogens is 1. The number of rotatable bonds is 5. The van der Waals surface area contributed by atoms with Crippen molar-refractivity contribution in [3.05, 3.63) is 50.7 Å². The first-order valence-electron chi connectivity index (χ1n) is 9.79. The summed E-state index contributed by atoms with van der Waals surface area (Å²) in [5, 5.41) is 25.2. The molecule has 13 heteroatoms. The summed E-state index contributed by atoms with van der Waals surface area (Å²) in [6.45, 7) is 1.94. The minimum atomic E-state index is -0.754. The first-order chi connectivity index (χ1) is 16.3. The Morgan fingerprint density at radius 2 is 2.09 bits per heavy atom. The van der Waals surface area contributed by atoms with E-state index in [1.54, 1.807) is 6.92 Å². The lowest BCUT2D eigenvalue weighted by Crippen LogP contribution is -2.34. The summed E-state index contributed by atoms with van der Waals surface area (Å²) in [6, 6.07) is 7.90. The Kier molecular flexibility index (Phi) is 5.74. The number of aliphatic imine (C=N–C) groups is 1. The molecule has 0 atom stereocenters. The molecular formula is C21H17N7O5S. The molecule has 0 aliphatic carbocycles. The maximum Gasteiger partial charge on any atom is 0.435 e. The number of pyridine rings is 1. The normalized spacial score (nSPS) is 11.5. The highest BCUT2D eigenvalue weighted by Crippen LogP contribution is 2.41. The molecule has 4 aromatic rings. The molecule has 3 heterocycles. The number of hydrogen-bond donors (Lipinski definition) is 3. The van der Waals surface area contributed by atoms with Crippen molar-refractivity contribution in [3.63, 3.8) is 0 Å². The number of nitrogens with zero attached hydrogens (tertiary/aromatic N) is 4. The molecular weight excluding hydrogens is 462 g/mol. The van der Waals surface area contributed by atoms with Gasteiger partial charge in [-0.3, -0.25) is 9.52 Å². The molecule has 0 aliphatic rings. The third-order valence-electron chi connectivity index (χ3n) is 4.86. The Bertz CT molecular complexity index is 1560. The molecule has 0 saturated heterocycles. The van der Waals surface area contributed by atoms with Gasteiger partial charge in [-0.1, -0.05) is 4.68 Å². The van der Waals surface area contributed by atoms with Crippen LogP contribution in [0.25, 0.3) is 21.5 Å². The fourth-order valence-corrected chi connectivity index (χ4v) is 4.34. The van der Waals surface area contributed by atoms with Crippen LogP contribution in [0.5, 0.6) is 0 Å². The lowest BCUT2D eigenvalue weighted by atomic mass is 10.0. The molecule has 0 unspecified atom stereocenters. The number of thiophene rings is 1. The number of benzene rings is 1. The maximum atomic E-state index is 13.0. The van der Waals surface area contributed by atoms with E-state index in [0.29, 0.717) is 5.56 Å². The van der Waals surface area contributed by atoms with E-state index in [-0.39, 0.29) is 55.7 Å². The van der Waals surface area contributed by atoms with Crippen LogP contribution in [0.1, 0.15) is 27.7 Å². The molecule has 0 bridgehead atoms. The molecule has 34 heavy (non-hydrogen) atoms. The van der Waals surface area contributed by atoms with Gasteiger partial charge in [0.2, 0.25) is 0 Å². The molecule has 3 aromatic heterocycles. The standard InChI is InChI=1S/C21H17N7O5S/c1-3-32-20(30)9-4-6-10(7-5-9)25-18(29)16-14(23)13-12(15-21(31)33-27-28(15)2)11(8-22)17(24)26-19(13)34-16/h4-7H,3H2,1-2H3,(H5-,23,24,25,26,27,29,30,31). The second kappa shape index (κ2) is 8.68. The number of fused-ring (bicyclic) bond motifs is 1. The highest BCUT2D eigenvalue weighted by molar-refractivity contribution is 7.21. The first kappa shape index (κ1) is 22.5. The summed E-state index contributed by atoms with van der Waals surface area (Å²) >= 11 is 0.927. The number of carbonyl (C=O) groups excluding carboxylic acids is 1. The van der Waals surface area contributed by atoms with E-state index in [9.17, 15) is 20.0 Å². The number of hydrogen-bond acceptors (Lipinski definition) is 11. The van der Waals surface area contributed by atoms with E-state index >= 15 is 0 Å². The van der Waals surface area contributed by atoms with Crippen LogP contribution >= 0.6 is 11.3 Å². The minimum absolute atomic E-state index is 0.00325. The van der Waals surface area contributed by atoms with Crippen LogP contribution in [0.2, 0.25) is 0 Å². The Balaban J connectivity index is 1.86. The van der Waals surface area contributed by atoms with Crippen LogP contribution in [0.15, 0.2) is 38.6 Å². The van der Waals surface area contributed by atoms with Gasteiger partial charge in [0.15, 0.2) is 7.05 Å². The molecule has 0 radical (unpaired) electrons. The summed E-state index contributed by atoms with van der Waals surface area (Å²) in [5.41, 5.74) is 12.1. The Hall–Kier alpha value is -4.70. The molecule has 1 aromatic carbocycles. The lowest BCUT2D eigenvalue weighted by molar-refractivity contribution is -0.730. The van der Waals surface area contributed by atoms with Gasteiger partial charge >= 0.3 is 17.3 Å². The highest BCUT2D eigenvalue weighted by Gasteiger charge is 2.31. The van der Waals surface area contributed by atoms with E-state index in [1.165, 1.54) is 36.0 Å². The quantitative estimate of drug-likeness (QED) is 0.160. The SMILES string of the molecule is CCOC(=O)c1ccc(N=C([O-])c2sc3nc(N)c(C#N)c(-c4c(=O)o[nH][n+]4C)c3c2N)cc1. The number of aryl methyl sites for hydroxylation is 1. The van der Waals surface area contributed by atoms with Crippen molar-refractivity contribution in [1.82, 2.24) is 10.3 Å². The number of anilines is 2. The fourth-order valence-electron chi connectivity index (χ4n) is 3.34. The van der Waals surface area contributed by atoms with E-state index in [0.717, 1.165) is 11.3 Å². The molecule has 0 fully saturated rings. The molecule has 4 rings (SSSR count). The fraction of sp³-hybridized carbons (Fsp3) is 0.143. The second-order valence-corrected chi connectivity index (χ2v) is 7.96. The third kappa shape index (κ3) is 3.71. The third-order valence-corrected chi connectivity index (χ3v) is 5.95. The van der Waals surface area contributed by atoms with E-state index < -0.39 is 17.5 Å². The number of nitrogens with two attached hydrogens (primary N) is 2. The number of carbonyl (C=O) groups is 1. The largest absolute Gasteiger partial charge is 0.858 e. The molecule has 0 saturated carbocycles. The molecule has 0 spiro atoms. The minimum Gasteiger partial charge on any atom is -0.858 e. The van der Waals surface area contributed by atoms with Gasteiger partial charge in [0, 0.05) is 5.90 Å². The van der Waals surface area contributed by atoms with Crippen LogP contribution in [0, 0.1) is 11.3 Å². The summed E-state index contributed by atoms with van der Waals surface area (Å²) in [4.78, 5) is 32.7. The van der Waals surface area contributed by atoms with Crippen LogP contribution in [0.4, 0.5) is 17.2 Å². The van der Waals surface area contributed by atoms with E-state index in [4.69, 9.17) is 20.7 Å². The summed E-state index contributed by atoms with van der Waals surface area (Å²) in [5.74, 6) is -1.28. The van der Waals surface area contributed by atoms with Crippen molar-refractivity contribution in [1.29, 1.82) is 5.26 Å². The van der Waals surface area contributed by atoms with Crippen molar-refractivity contribution in [2.45, 2.75) is 6.92 Å². The average molecular weight is 479 g/mol. The van der Waals surface area contributed by atoms with Crippen molar-refractivity contribution in [2.75, 3.05) is 18.1 Å². The molecule has 0 amide bonds. The van der Waals surface area contributed by atoms with Gasteiger partial charge in [-0.15, -0.1) is 11.3 Å². The Morgan fingerprint density at radius 3 is 2.68 bits per heavy atom. The number of esters is 1. The van der Waals surface area contributed by atoms with E-state index in [2.05, 4.69) is 15.2 Å². The maximum absolute atomic E-state index is 13.0. The van der Waals surface area contributed by atoms with Crippen LogP contribution < -0.4 is 26.9 Å². The highest BCUT2D eigenvalue weighted by atomic mass is 32.1. The number of nitrogen functional groups attached to an aromatic ring is 2. The molecule has 172 valence electrons. The summed E-state index contributed by atoms with van der Waals surface area (Å²) in [6.07, 6.45) is 0. The average Bonchev–Trinajstić information content (AvgIpc) is 3.31. The predicted octanol–water partition coefficient (Wildman–Crippen LogP) is 0.720. The van der Waals surface area contributed by atoms with Crippen molar-refractivity contribution < 1.29 is 23.8 Å². The topological polar surface area (TPSA) is 200 Å². The number of aromatic nitrogens is 3. The molecule has 12 nitrogen and oxygen atoms in total. The van der Waals surface area contributed by atoms with Crippen LogP contribution in [0.3, 0.4) is 0 Å². The zero-order chi connectivity index (χ0) is 24.6. The van der Waals surface area contributed by atoms with Gasteiger partial charge in [0.1, 0.15) is 22.3 Å². The van der Waals surface area contributed by atoms with Gasteiger partial charge < -0.3 is 21.3 Å². The van der Waals surface area contributed by atoms with Gasteiger partial charge in [-0.25, -0.2) is 14.6 Å². The van der Waals surface area contributed by atoms with Crippen LogP contribution in [-0.2, 0) is 11.8 Å². The first-order valence-corrected chi connectivity index (χ1v) is 10.6. The molecule has 0 aliphatic heterocycles. The van der Waals surface area contributed by atoms with Gasteiger partial charge in [-0.2, -0.15) is 5.26 Å². The van der Waals surface area contributed by atoms with Gasteiger partial charge in [-0.05, 0) is 36.5 Å². The summed E-state index contributed by atoms with van der Waals surface area (Å²) < 4.78 is 11.0. The predicted molar refractivity (Wildman–Crippen MR) is 121 cm³/mol. The van der Waals surface area contributed by atoms with Crippen molar-refractivity contribution in [3.8, 4) is 17.3 Å². The number of nitriles is 1. The van der Waals surface area contributed by atoms with Crippen LogP contribution in [-0.4, -0.2) is 28.7 Å². The Labute approximate surface area is 195 Å². The zero-order valence-corrected chi connectivity index (χ0v) is 18.7. The lowest BCUT2D eigenvalue weighted by Gasteiger charge is -2.10. The zero-order valence-electron chi connectivity index (χ0n) is 17.9.